The van der Waals surface area contributed by atoms with E-state index in [4.69, 9.17) is 4.74 Å². The van der Waals surface area contributed by atoms with Crippen LogP contribution < -0.4 is 10.1 Å². The molecule has 0 aromatic heterocycles. The van der Waals surface area contributed by atoms with E-state index in [1.165, 1.54) is 0 Å². The lowest BCUT2D eigenvalue weighted by Crippen LogP contribution is -2.27. The molecule has 1 aromatic carbocycles. The molecule has 0 bridgehead atoms. The molecule has 0 radical (unpaired) electrons. The third-order valence-corrected chi connectivity index (χ3v) is 2.42. The Morgan fingerprint density at radius 3 is 2.53 bits per heavy atom. The van der Waals surface area contributed by atoms with Gasteiger partial charge in [-0.05, 0) is 51.9 Å². The van der Waals surface area contributed by atoms with E-state index in [1.54, 1.807) is 0 Å². The van der Waals surface area contributed by atoms with Crippen molar-refractivity contribution < 1.29 is 9.84 Å². The Bertz CT molecular complexity index is 293. The van der Waals surface area contributed by atoms with Gasteiger partial charge in [-0.2, -0.15) is 0 Å². The average Bonchev–Trinajstić information content (AvgIpc) is 2.28. The summed E-state index contributed by atoms with van der Waals surface area (Å²) in [7, 11) is 0. The number of ether oxygens (including phenoxy) is 1. The van der Waals surface area contributed by atoms with E-state index >= 15 is 0 Å². The second-order valence-electron chi connectivity index (χ2n) is 4.83. The maximum Gasteiger partial charge on any atom is 0.119 e. The van der Waals surface area contributed by atoms with E-state index in [2.05, 4.69) is 5.32 Å². The van der Waals surface area contributed by atoms with Gasteiger partial charge in [0.25, 0.3) is 0 Å². The third-order valence-electron chi connectivity index (χ3n) is 2.42. The summed E-state index contributed by atoms with van der Waals surface area (Å²) in [5.41, 5.74) is -0.576. The van der Waals surface area contributed by atoms with E-state index in [0.29, 0.717) is 0 Å². The molecule has 1 aromatic rings. The maximum absolute atomic E-state index is 9.50. The van der Waals surface area contributed by atoms with Gasteiger partial charge < -0.3 is 15.2 Å². The van der Waals surface area contributed by atoms with Gasteiger partial charge in [-0.1, -0.05) is 18.2 Å². The molecule has 0 spiro atoms. The van der Waals surface area contributed by atoms with Crippen molar-refractivity contribution in [1.82, 2.24) is 5.32 Å². The predicted octanol–water partition coefficient (Wildman–Crippen LogP) is 2.21. The van der Waals surface area contributed by atoms with E-state index in [0.717, 1.165) is 38.3 Å². The highest BCUT2D eigenvalue weighted by molar-refractivity contribution is 5.20. The molecular weight excluding hydrogens is 214 g/mol. The first kappa shape index (κ1) is 14.0. The molecule has 0 heterocycles. The van der Waals surface area contributed by atoms with E-state index in [9.17, 15) is 5.11 Å². The summed E-state index contributed by atoms with van der Waals surface area (Å²) in [6, 6.07) is 9.84. The molecule has 0 unspecified atom stereocenters. The van der Waals surface area contributed by atoms with Gasteiger partial charge in [-0.3, -0.25) is 0 Å². The van der Waals surface area contributed by atoms with Gasteiger partial charge in [-0.25, -0.2) is 0 Å². The first-order chi connectivity index (χ1) is 8.08. The number of benzene rings is 1. The lowest BCUT2D eigenvalue weighted by Gasteiger charge is -2.16. The van der Waals surface area contributed by atoms with Crippen LogP contribution in [0.15, 0.2) is 30.3 Å². The van der Waals surface area contributed by atoms with Gasteiger partial charge in [0.05, 0.1) is 12.2 Å². The summed E-state index contributed by atoms with van der Waals surface area (Å²) in [5, 5.41) is 12.8. The summed E-state index contributed by atoms with van der Waals surface area (Å²) in [5.74, 6) is 0.920. The molecule has 96 valence electrons. The number of para-hydroxylation sites is 1. The summed E-state index contributed by atoms with van der Waals surface area (Å²) in [6.45, 7) is 6.14. The Morgan fingerprint density at radius 2 is 1.88 bits per heavy atom. The quantitative estimate of drug-likeness (QED) is 0.681. The van der Waals surface area contributed by atoms with E-state index in [1.807, 2.05) is 44.2 Å². The average molecular weight is 237 g/mol. The molecule has 0 aliphatic carbocycles. The van der Waals surface area contributed by atoms with Gasteiger partial charge >= 0.3 is 0 Å². The van der Waals surface area contributed by atoms with Crippen molar-refractivity contribution >= 4 is 0 Å². The van der Waals surface area contributed by atoms with Crippen LogP contribution in [0, 0.1) is 0 Å². The van der Waals surface area contributed by atoms with Crippen LogP contribution >= 0.6 is 0 Å². The first-order valence-corrected chi connectivity index (χ1v) is 6.19. The topological polar surface area (TPSA) is 41.5 Å². The lowest BCUT2D eigenvalue weighted by atomic mass is 10.1. The minimum absolute atomic E-state index is 0.576. The zero-order valence-corrected chi connectivity index (χ0v) is 10.8. The van der Waals surface area contributed by atoms with Crippen molar-refractivity contribution in [2.75, 3.05) is 19.7 Å². The maximum atomic E-state index is 9.50. The highest BCUT2D eigenvalue weighted by atomic mass is 16.5. The Kier molecular flexibility index (Phi) is 6.01. The van der Waals surface area contributed by atoms with E-state index in [-0.39, 0.29) is 0 Å². The minimum atomic E-state index is -0.576. The fourth-order valence-corrected chi connectivity index (χ4v) is 1.42. The summed E-state index contributed by atoms with van der Waals surface area (Å²) in [4.78, 5) is 0. The van der Waals surface area contributed by atoms with Crippen molar-refractivity contribution in [3.63, 3.8) is 0 Å². The Morgan fingerprint density at radius 1 is 1.18 bits per heavy atom. The smallest absolute Gasteiger partial charge is 0.119 e. The number of hydrogen-bond acceptors (Lipinski definition) is 3. The highest BCUT2D eigenvalue weighted by Gasteiger charge is 2.10. The molecule has 0 amide bonds. The third kappa shape index (κ3) is 7.77. The lowest BCUT2D eigenvalue weighted by molar-refractivity contribution is 0.0712. The van der Waals surface area contributed by atoms with Crippen LogP contribution in [0.5, 0.6) is 5.75 Å². The number of nitrogens with one attached hydrogen (secondary N) is 1. The number of aliphatic hydroxyl groups is 1. The van der Waals surface area contributed by atoms with Crippen LogP contribution in [0.3, 0.4) is 0 Å². The minimum Gasteiger partial charge on any atom is -0.494 e. The summed E-state index contributed by atoms with van der Waals surface area (Å²) < 4.78 is 5.56. The van der Waals surface area contributed by atoms with Crippen molar-refractivity contribution in [2.45, 2.75) is 32.3 Å². The number of hydrogen-bond donors (Lipinski definition) is 2. The van der Waals surface area contributed by atoms with Crippen molar-refractivity contribution in [2.24, 2.45) is 0 Å². The molecule has 0 saturated carbocycles. The molecule has 1 rings (SSSR count). The highest BCUT2D eigenvalue weighted by Crippen LogP contribution is 2.08. The van der Waals surface area contributed by atoms with Gasteiger partial charge in [0, 0.05) is 0 Å². The van der Waals surface area contributed by atoms with Crippen LogP contribution in [-0.2, 0) is 0 Å². The molecule has 0 fully saturated rings. The van der Waals surface area contributed by atoms with Crippen LogP contribution in [0.4, 0.5) is 0 Å². The first-order valence-electron chi connectivity index (χ1n) is 6.19. The Labute approximate surface area is 104 Å². The Hall–Kier alpha value is -1.06. The van der Waals surface area contributed by atoms with Gasteiger partial charge in [0.2, 0.25) is 0 Å². The second-order valence-corrected chi connectivity index (χ2v) is 4.83. The predicted molar refractivity (Wildman–Crippen MR) is 70.3 cm³/mol. The van der Waals surface area contributed by atoms with Crippen LogP contribution in [-0.4, -0.2) is 30.4 Å². The molecular formula is C14H23NO2. The van der Waals surface area contributed by atoms with Gasteiger partial charge in [0.15, 0.2) is 0 Å². The standard InChI is InChI=1S/C14H23NO2/c1-14(2,16)9-11-15-10-6-12-17-13-7-4-3-5-8-13/h3-5,7-8,15-16H,6,9-12H2,1-2H3. The van der Waals surface area contributed by atoms with Gasteiger partial charge in [-0.15, -0.1) is 0 Å². The Balaban J connectivity index is 1.95. The van der Waals surface area contributed by atoms with E-state index < -0.39 is 5.60 Å². The zero-order chi connectivity index (χ0) is 12.6. The number of rotatable bonds is 8. The largest absolute Gasteiger partial charge is 0.494 e. The van der Waals surface area contributed by atoms with Crippen LogP contribution in [0.25, 0.3) is 0 Å². The van der Waals surface area contributed by atoms with Crippen molar-refractivity contribution in [3.8, 4) is 5.75 Å². The monoisotopic (exact) mass is 237 g/mol. The molecule has 3 nitrogen and oxygen atoms in total. The normalized spacial score (nSPS) is 11.5. The summed E-state index contributed by atoms with van der Waals surface area (Å²) >= 11 is 0. The fourth-order valence-electron chi connectivity index (χ4n) is 1.42. The molecule has 17 heavy (non-hydrogen) atoms. The summed E-state index contributed by atoms with van der Waals surface area (Å²) in [6.07, 6.45) is 1.74. The molecule has 2 N–H and O–H groups in total. The second kappa shape index (κ2) is 7.30. The zero-order valence-electron chi connectivity index (χ0n) is 10.8. The molecule has 0 aliphatic heterocycles. The SMILES string of the molecule is CC(C)(O)CCNCCCOc1ccccc1. The molecule has 3 heteroatoms. The van der Waals surface area contributed by atoms with Crippen molar-refractivity contribution in [3.05, 3.63) is 30.3 Å². The molecule has 0 atom stereocenters. The van der Waals surface area contributed by atoms with Gasteiger partial charge in [0.1, 0.15) is 5.75 Å². The molecule has 0 aliphatic rings. The van der Waals surface area contributed by atoms with Crippen LogP contribution in [0.1, 0.15) is 26.7 Å². The van der Waals surface area contributed by atoms with Crippen LogP contribution in [0.2, 0.25) is 0 Å². The molecule has 0 saturated heterocycles. The fraction of sp³-hybridized carbons (Fsp3) is 0.571. The van der Waals surface area contributed by atoms with Crippen molar-refractivity contribution in [1.29, 1.82) is 0 Å².